The van der Waals surface area contributed by atoms with Crippen LogP contribution in [0.1, 0.15) is 111 Å². The normalized spacial score (nSPS) is 25.9. The number of hydrogen-bond donors (Lipinski definition) is 4. The summed E-state index contributed by atoms with van der Waals surface area (Å²) in [4.78, 5) is 42.8. The fourth-order valence-electron chi connectivity index (χ4n) is 15.7. The average molecular weight is 2050 g/mol. The number of rotatable bonds is 14. The van der Waals surface area contributed by atoms with E-state index in [1.165, 1.54) is 62.6 Å². The molecule has 9 atom stereocenters. The van der Waals surface area contributed by atoms with Gasteiger partial charge in [0.15, 0.2) is 5.78 Å². The van der Waals surface area contributed by atoms with E-state index < -0.39 is 84.2 Å². The molecule has 0 spiro atoms. The maximum Gasteiger partial charge on any atom is 0.417 e. The third-order valence-corrected chi connectivity index (χ3v) is 39.1. The van der Waals surface area contributed by atoms with Gasteiger partial charge in [0, 0.05) is 81.5 Å². The minimum absolute atomic E-state index is 0.0478. The number of alkyl halides is 5. The molecule has 7 aliphatic rings. The van der Waals surface area contributed by atoms with Crippen molar-refractivity contribution in [2.24, 2.45) is 42.9 Å². The van der Waals surface area contributed by atoms with Crippen LogP contribution in [-0.4, -0.2) is 203 Å². The first-order valence-corrected chi connectivity index (χ1v) is 52.1. The second-order valence-electron chi connectivity index (χ2n) is 33.3. The van der Waals surface area contributed by atoms with Gasteiger partial charge in [-0.1, -0.05) is 64.6 Å². The number of guanidine groups is 4. The van der Waals surface area contributed by atoms with Crippen LogP contribution < -0.4 is 22.9 Å². The smallest absolute Gasteiger partial charge is 0.415 e. The average Bonchev–Trinajstić information content (AvgIpc) is 1.61. The van der Waals surface area contributed by atoms with Gasteiger partial charge in [-0.05, 0) is 166 Å². The van der Waals surface area contributed by atoms with Gasteiger partial charge in [-0.3, -0.25) is 27.0 Å². The predicted octanol–water partition coefficient (Wildman–Crippen LogP) is 15.5. The number of pyridine rings is 1. The van der Waals surface area contributed by atoms with Gasteiger partial charge in [0.25, 0.3) is 29.5 Å². The molecule has 9 aromatic heterocycles. The molecule has 3 aromatic carbocycles. The van der Waals surface area contributed by atoms with Crippen molar-refractivity contribution in [2.75, 3.05) is 64.4 Å². The number of aliphatic imine (C=N–C) groups is 4. The second-order valence-corrected chi connectivity index (χ2v) is 48.7. The van der Waals surface area contributed by atoms with E-state index >= 15 is 0 Å². The van der Waals surface area contributed by atoms with Crippen LogP contribution in [0.15, 0.2) is 147 Å². The fourth-order valence-corrected chi connectivity index (χ4v) is 29.0. The lowest BCUT2D eigenvalue weighted by Gasteiger charge is -2.36. The molecule has 0 bridgehead atoms. The molecule has 19 rings (SSSR count). The SMILES string of the molecule is C=S1(=O)C[C@@](C)(c2sc(-c3nnc(-c4ccc(C(F)(F)F)cn4)o3)cc2Cl)N=C(N)N1C.C=S1(=O)C[C@@](C)(c2sc(-c3nnc(-c4ccc(C5CCC(F)(F)C5)cc4)o3)cc2Cl)N=C(N)N1C.C=S1(=O)C[C@@](C)(c2sc(-c3nnc(-c4ccc5c(c4)C(=O)CC5)o3)cc2Cl)N=C(N)N1C.[C-]#[N+]C1(c2ccc(-c3nnc(-c4cc(Cl)c([C@]5(C)CS(=C)(=O)N(C)C(N)=N5)s4)o3)cc2)COC1. The molecular weight excluding hydrogens is 1970 g/mol. The number of ether oxygens (including phenoxy) is 1. The van der Waals surface area contributed by atoms with Crippen molar-refractivity contribution in [1.82, 2.24) is 63.0 Å². The van der Waals surface area contributed by atoms with Crippen LogP contribution in [0.4, 0.5) is 22.0 Å². The van der Waals surface area contributed by atoms with E-state index in [9.17, 15) is 43.6 Å². The Labute approximate surface area is 796 Å². The van der Waals surface area contributed by atoms with Crippen molar-refractivity contribution >= 4 is 184 Å². The number of nitrogens with two attached hydrogens (primary N) is 4. The standard InChI is InChI=1S/C23H24ClF2N5O2S2.C22H21ClN6O3S2.C21H20ClN5O3S2.C18H16ClF3N6O2S2/c1-22(12-35(3,32)31(2)21(27)28-22)18-16(24)10-17(34-18)20-30-29-19(33-20)14-6-4-13(5-7-14)15-8-9-23(25,26)11-15;1-21(12-34(4,30)29(3)20(24)26-21)17-15(23)9-16(33-17)19-28-27-18(32-19)13-5-7-14(8-6-13)22(25-2)10-31-11-22;1-21(10-32(3,29)27(2)20(23)24-21)17-14(22)9-16(31-17)19-26-25-18(30-19)12-5-4-11-6-7-15(28)13(11)8-12;1-17(8-32(3,29)28(2)16(23)25-17)13-10(19)6-12(31-13)15-27-26-14(30-15)11-5-4-9(7-24-11)18(20,21)22/h4-7,10,15H,3,8-9,11-12H2,1-2H3,(H2,27,28);5-9H,4,10-12H2,1,3H3,(H2,24,26);4-5,8-9H,3,6-7,10H2,1-2H3,(H2,23,24);4-7H,3,8H2,1-2H3,(H2,23,25)/t15?,22-,35?;21-,34?;21-,32?;17-,32?/m0000/s1. The van der Waals surface area contributed by atoms with Crippen molar-refractivity contribution in [2.45, 2.75) is 106 Å². The van der Waals surface area contributed by atoms with Crippen LogP contribution in [0.5, 0.6) is 0 Å². The number of halogens is 9. The lowest BCUT2D eigenvalue weighted by atomic mass is 9.88. The van der Waals surface area contributed by atoms with Crippen LogP contribution in [-0.2, 0) is 83.9 Å². The molecule has 1 saturated heterocycles. The fraction of sp³-hybridized carbons (Fsp3) is 0.321. The Morgan fingerprint density at radius 2 is 0.835 bits per heavy atom. The van der Waals surface area contributed by atoms with Gasteiger partial charge in [-0.25, -0.2) is 52.2 Å². The third-order valence-electron chi connectivity index (χ3n) is 23.2. The number of carbonyl (C=O) groups excluding carboxylic acids is 1. The van der Waals surface area contributed by atoms with Gasteiger partial charge in [-0.15, -0.1) is 86.1 Å². The number of carbonyl (C=O) groups is 1. The minimum atomic E-state index is -4.50. The van der Waals surface area contributed by atoms with Crippen molar-refractivity contribution in [3.8, 4) is 89.0 Å². The van der Waals surface area contributed by atoms with Gasteiger partial charge in [0.05, 0.1) is 127 Å². The van der Waals surface area contributed by atoms with Crippen molar-refractivity contribution in [1.29, 1.82) is 0 Å². The largest absolute Gasteiger partial charge is 0.417 e. The van der Waals surface area contributed by atoms with E-state index in [4.69, 9.17) is 98.3 Å². The summed E-state index contributed by atoms with van der Waals surface area (Å²) in [7, 11) is -4.23. The van der Waals surface area contributed by atoms with Crippen LogP contribution in [0, 0.1) is 6.57 Å². The summed E-state index contributed by atoms with van der Waals surface area (Å²) in [5.41, 5.74) is 24.6. The Kier molecular flexibility index (Phi) is 25.0. The molecule has 12 aromatic rings. The Morgan fingerprint density at radius 3 is 1.16 bits per heavy atom. The highest BCUT2D eigenvalue weighted by Crippen LogP contribution is 2.51. The predicted molar refractivity (Wildman–Crippen MR) is 516 cm³/mol. The van der Waals surface area contributed by atoms with Crippen LogP contribution in [0.3, 0.4) is 0 Å². The molecule has 2 aliphatic carbocycles. The molecule has 14 heterocycles. The summed E-state index contributed by atoms with van der Waals surface area (Å²) in [5.74, 6) is 15.7. The Hall–Kier alpha value is -10.7. The monoisotopic (exact) mass is 2050 g/mol. The first kappa shape index (κ1) is 95.4. The summed E-state index contributed by atoms with van der Waals surface area (Å²) in [6, 6.07) is 29.2. The lowest BCUT2D eigenvalue weighted by Crippen LogP contribution is -2.50. The second kappa shape index (κ2) is 34.9. The van der Waals surface area contributed by atoms with Crippen LogP contribution >= 0.6 is 91.8 Å². The van der Waals surface area contributed by atoms with E-state index in [0.717, 1.165) is 40.8 Å². The third kappa shape index (κ3) is 18.8. The number of thiophene rings is 4. The summed E-state index contributed by atoms with van der Waals surface area (Å²) in [6.45, 7) is 15.5. The molecular formula is C84H81Cl4F5N22O10S8. The maximum atomic E-state index is 13.6. The van der Waals surface area contributed by atoms with E-state index in [1.54, 1.807) is 77.6 Å². The highest BCUT2D eigenvalue weighted by molar-refractivity contribution is 7.99. The maximum absolute atomic E-state index is 13.6. The lowest BCUT2D eigenvalue weighted by molar-refractivity contribution is -0.137. The molecule has 5 unspecified atom stereocenters. The number of fused-ring (bicyclic) bond motifs is 1. The molecule has 49 heteroatoms. The number of benzene rings is 3. The number of hydrogen-bond acceptors (Lipinski definition) is 31. The molecule has 133 heavy (non-hydrogen) atoms. The molecule has 8 N–H and O–H groups in total. The highest BCUT2D eigenvalue weighted by Gasteiger charge is 2.49. The molecule has 2 fully saturated rings. The molecule has 32 nitrogen and oxygen atoms in total. The van der Waals surface area contributed by atoms with Crippen LogP contribution in [0.2, 0.25) is 20.1 Å². The Balaban J connectivity index is 0.000000129. The zero-order valence-electron chi connectivity index (χ0n) is 71.7. The summed E-state index contributed by atoms with van der Waals surface area (Å²) >= 11 is 31.3. The summed E-state index contributed by atoms with van der Waals surface area (Å²) in [6.07, 6.45) is -2.22. The van der Waals surface area contributed by atoms with E-state index in [1.807, 2.05) is 69.3 Å². The molecule has 0 amide bonds. The molecule has 1 saturated carbocycles. The first-order chi connectivity index (χ1) is 62.3. The highest BCUT2D eigenvalue weighted by atomic mass is 35.5. The Morgan fingerprint density at radius 1 is 0.489 bits per heavy atom. The number of Topliss-reactive ketones (excluding diaryl/α,β-unsaturated/α-hetero) is 1. The van der Waals surface area contributed by atoms with Gasteiger partial charge >= 0.3 is 11.7 Å². The zero-order chi connectivity index (χ0) is 95.8. The summed E-state index contributed by atoms with van der Waals surface area (Å²) in [5, 5.41) is 34.5. The van der Waals surface area contributed by atoms with E-state index in [-0.39, 0.29) is 94.8 Å². The molecule has 5 aliphatic heterocycles. The van der Waals surface area contributed by atoms with Crippen LogP contribution in [0.25, 0.3) is 93.9 Å². The topological polar surface area (TPSA) is 434 Å². The van der Waals surface area contributed by atoms with Gasteiger partial charge in [-0.2, -0.15) is 13.2 Å². The van der Waals surface area contributed by atoms with E-state index in [0.29, 0.717) is 138 Å². The number of ketones is 1. The Bertz CT molecular complexity index is 7310. The number of nitrogens with zero attached hydrogens (tertiary/aromatic N) is 18. The van der Waals surface area contributed by atoms with Gasteiger partial charge in [0.2, 0.25) is 47.4 Å². The number of aromatic nitrogens is 9. The van der Waals surface area contributed by atoms with Crippen molar-refractivity contribution in [3.05, 3.63) is 188 Å². The van der Waals surface area contributed by atoms with E-state index in [2.05, 4.69) is 94.1 Å². The molecule has 0 radical (unpaired) electrons. The zero-order valence-corrected chi connectivity index (χ0v) is 81.2. The first-order valence-electron chi connectivity index (χ1n) is 39.9. The number of aryl methyl sites for hydroxylation is 1. The van der Waals surface area contributed by atoms with Gasteiger partial charge in [0.1, 0.15) is 41.1 Å². The van der Waals surface area contributed by atoms with Crippen molar-refractivity contribution in [3.63, 3.8) is 0 Å². The van der Waals surface area contributed by atoms with Crippen molar-refractivity contribution < 1.29 is 66.0 Å². The quantitative estimate of drug-likeness (QED) is 0.0446. The summed E-state index contributed by atoms with van der Waals surface area (Å²) < 4.78 is 151. The molecule has 698 valence electrons. The minimum Gasteiger partial charge on any atom is -0.415 e. The van der Waals surface area contributed by atoms with Gasteiger partial charge < -0.3 is 50.2 Å².